The Bertz CT molecular complexity index is 1860. The lowest BCUT2D eigenvalue weighted by Gasteiger charge is -2.55. The summed E-state index contributed by atoms with van der Waals surface area (Å²) in [5.74, 6) is -0.950. The molecule has 4 aromatic rings. The molecule has 0 spiro atoms. The maximum atomic E-state index is 14.4. The van der Waals surface area contributed by atoms with Crippen LogP contribution >= 0.6 is 0 Å². The number of carbonyl (C=O) groups excluding carboxylic acids is 4. The molecule has 0 aliphatic carbocycles. The van der Waals surface area contributed by atoms with Crippen molar-refractivity contribution < 1.29 is 24.3 Å². The van der Waals surface area contributed by atoms with E-state index >= 15 is 0 Å². The summed E-state index contributed by atoms with van der Waals surface area (Å²) in [7, 11) is 0. The molecule has 0 radical (unpaired) electrons. The van der Waals surface area contributed by atoms with E-state index in [9.17, 15) is 24.3 Å². The summed E-state index contributed by atoms with van der Waals surface area (Å²) in [6, 6.07) is 29.5. The number of nitrogens with zero attached hydrogens (tertiary/aromatic N) is 4. The molecule has 2 aliphatic rings. The lowest BCUT2D eigenvalue weighted by atomic mass is 9.97. The van der Waals surface area contributed by atoms with Crippen LogP contribution in [0.3, 0.4) is 0 Å². The first-order valence-corrected chi connectivity index (χ1v) is 16.1. The van der Waals surface area contributed by atoms with E-state index < -0.39 is 24.1 Å². The lowest BCUT2D eigenvalue weighted by Crippen LogP contribution is -2.76. The Labute approximate surface area is 284 Å². The number of piperazine rings is 1. The first kappa shape index (κ1) is 33.0. The molecule has 49 heavy (non-hydrogen) atoms. The summed E-state index contributed by atoms with van der Waals surface area (Å²) in [6.45, 7) is 4.56. The van der Waals surface area contributed by atoms with Crippen molar-refractivity contribution in [3.05, 3.63) is 138 Å². The van der Waals surface area contributed by atoms with Crippen molar-refractivity contribution in [2.45, 2.75) is 31.7 Å². The maximum Gasteiger partial charge on any atom is 0.334 e. The molecule has 11 heteroatoms. The zero-order valence-corrected chi connectivity index (χ0v) is 26.9. The summed E-state index contributed by atoms with van der Waals surface area (Å²) < 4.78 is 0. The monoisotopic (exact) mass is 658 g/mol. The molecule has 0 aromatic heterocycles. The van der Waals surface area contributed by atoms with Gasteiger partial charge in [-0.1, -0.05) is 78.9 Å². The number of nitrogens with one attached hydrogen (secondary N) is 1. The number of hydrazine groups is 1. The van der Waals surface area contributed by atoms with Gasteiger partial charge in [-0.15, -0.1) is 6.58 Å². The molecule has 0 bridgehead atoms. The van der Waals surface area contributed by atoms with Gasteiger partial charge in [-0.05, 0) is 58.1 Å². The van der Waals surface area contributed by atoms with Crippen molar-refractivity contribution in [2.24, 2.45) is 5.73 Å². The van der Waals surface area contributed by atoms with E-state index in [1.165, 1.54) is 0 Å². The number of aromatic hydroxyl groups is 1. The summed E-state index contributed by atoms with van der Waals surface area (Å²) in [6.07, 6.45) is 1.03. The first-order valence-electron chi connectivity index (χ1n) is 16.1. The van der Waals surface area contributed by atoms with Crippen LogP contribution in [0.1, 0.15) is 27.0 Å². The van der Waals surface area contributed by atoms with Crippen LogP contribution in [-0.4, -0.2) is 80.5 Å². The largest absolute Gasteiger partial charge is 0.508 e. The number of nitrogens with two attached hydrogens (primary N) is 1. The lowest BCUT2D eigenvalue weighted by molar-refractivity contribution is -0.189. The van der Waals surface area contributed by atoms with Crippen molar-refractivity contribution in [1.82, 2.24) is 25.1 Å². The number of carbonyl (C=O) groups is 4. The van der Waals surface area contributed by atoms with E-state index in [0.29, 0.717) is 5.56 Å². The number of benzene rings is 4. The van der Waals surface area contributed by atoms with Gasteiger partial charge in [-0.25, -0.2) is 14.8 Å². The van der Waals surface area contributed by atoms with Crippen LogP contribution in [0, 0.1) is 0 Å². The normalized spacial score (nSPS) is 17.8. The van der Waals surface area contributed by atoms with E-state index in [1.807, 2.05) is 60.7 Å². The molecule has 4 aromatic carbocycles. The molecule has 2 atom stereocenters. The standard InChI is InChI=1S/C38H38N6O5/c1-2-18-42-25-35(46)43-33(20-26-14-16-32(45)17-15-26)37(48)41(24-34(43)44(42)38(49)40-22-27-8-4-3-5-9-27)23-28-10-6-11-29(19-28)30-12-7-13-31(21-30)36(39)47/h2-17,19,21,33-34,45H,1,18,20,22-25H2,(H2,39,47)(H,40,49). The summed E-state index contributed by atoms with van der Waals surface area (Å²) in [5.41, 5.74) is 10.1. The third-order valence-electron chi connectivity index (χ3n) is 8.81. The highest BCUT2D eigenvalue weighted by Crippen LogP contribution is 2.30. The number of fused-ring (bicyclic) bond motifs is 1. The maximum absolute atomic E-state index is 14.4. The molecule has 0 saturated carbocycles. The topological polar surface area (TPSA) is 140 Å². The Morgan fingerprint density at radius 3 is 2.29 bits per heavy atom. The van der Waals surface area contributed by atoms with Crippen LogP contribution in [0.15, 0.2) is 116 Å². The zero-order valence-electron chi connectivity index (χ0n) is 26.9. The van der Waals surface area contributed by atoms with E-state index in [2.05, 4.69) is 11.9 Å². The number of hydrogen-bond acceptors (Lipinski definition) is 6. The summed E-state index contributed by atoms with van der Waals surface area (Å²) in [4.78, 5) is 57.2. The smallest absolute Gasteiger partial charge is 0.334 e. The van der Waals surface area contributed by atoms with Gasteiger partial charge in [0.25, 0.3) is 0 Å². The van der Waals surface area contributed by atoms with Gasteiger partial charge in [0.1, 0.15) is 18.0 Å². The second-order valence-electron chi connectivity index (χ2n) is 12.2. The van der Waals surface area contributed by atoms with Crippen molar-refractivity contribution >= 4 is 23.8 Å². The number of phenolic OH excluding ortho intramolecular Hbond substituents is 1. The van der Waals surface area contributed by atoms with Gasteiger partial charge in [-0.3, -0.25) is 14.4 Å². The van der Waals surface area contributed by atoms with Crippen LogP contribution in [0.4, 0.5) is 4.79 Å². The summed E-state index contributed by atoms with van der Waals surface area (Å²) >= 11 is 0. The molecule has 5 amide bonds. The summed E-state index contributed by atoms with van der Waals surface area (Å²) in [5, 5.41) is 16.1. The zero-order chi connectivity index (χ0) is 34.5. The van der Waals surface area contributed by atoms with E-state index in [4.69, 9.17) is 5.73 Å². The van der Waals surface area contributed by atoms with E-state index in [1.54, 1.807) is 68.4 Å². The molecule has 2 fully saturated rings. The Morgan fingerprint density at radius 1 is 0.878 bits per heavy atom. The van der Waals surface area contributed by atoms with Gasteiger partial charge in [0, 0.05) is 31.6 Å². The third kappa shape index (κ3) is 7.31. The molecule has 2 aliphatic heterocycles. The molecule has 2 heterocycles. The van der Waals surface area contributed by atoms with Crippen LogP contribution < -0.4 is 11.1 Å². The van der Waals surface area contributed by atoms with Gasteiger partial charge in [0.15, 0.2) is 0 Å². The first-order chi connectivity index (χ1) is 23.7. The number of phenols is 1. The van der Waals surface area contributed by atoms with Gasteiger partial charge in [0.05, 0.1) is 13.1 Å². The highest BCUT2D eigenvalue weighted by atomic mass is 16.3. The Balaban J connectivity index is 1.34. The van der Waals surface area contributed by atoms with Crippen LogP contribution in [-0.2, 0) is 29.1 Å². The average Bonchev–Trinajstić information content (AvgIpc) is 3.10. The average molecular weight is 659 g/mol. The molecule has 2 unspecified atom stereocenters. The molecule has 4 N–H and O–H groups in total. The minimum atomic E-state index is -0.901. The van der Waals surface area contributed by atoms with Gasteiger partial charge >= 0.3 is 6.03 Å². The fourth-order valence-electron chi connectivity index (χ4n) is 6.48. The number of amides is 5. The van der Waals surface area contributed by atoms with Gasteiger partial charge in [-0.2, -0.15) is 0 Å². The highest BCUT2D eigenvalue weighted by molar-refractivity contribution is 5.94. The number of hydrogen-bond donors (Lipinski definition) is 3. The van der Waals surface area contributed by atoms with Crippen molar-refractivity contribution in [3.63, 3.8) is 0 Å². The van der Waals surface area contributed by atoms with Crippen molar-refractivity contribution in [2.75, 3.05) is 19.6 Å². The molecule has 6 rings (SSSR count). The predicted octanol–water partition coefficient (Wildman–Crippen LogP) is 3.89. The molecule has 2 saturated heterocycles. The third-order valence-corrected chi connectivity index (χ3v) is 8.81. The predicted molar refractivity (Wildman–Crippen MR) is 184 cm³/mol. The second-order valence-corrected chi connectivity index (χ2v) is 12.2. The minimum absolute atomic E-state index is 0.0738. The van der Waals surface area contributed by atoms with Crippen LogP contribution in [0.25, 0.3) is 11.1 Å². The Morgan fingerprint density at radius 2 is 1.57 bits per heavy atom. The molecular weight excluding hydrogens is 620 g/mol. The SMILES string of the molecule is C=CCN1CC(=O)N2C(Cc3ccc(O)cc3)C(=O)N(Cc3cccc(-c4cccc(C(N)=O)c4)c3)CC2N1C(=O)NCc1ccccc1. The number of primary amides is 1. The minimum Gasteiger partial charge on any atom is -0.508 e. The second kappa shape index (κ2) is 14.4. The van der Waals surface area contributed by atoms with E-state index in [0.717, 1.165) is 27.8 Å². The Hall–Kier alpha value is -5.94. The fourth-order valence-corrected chi connectivity index (χ4v) is 6.48. The molecule has 11 nitrogen and oxygen atoms in total. The highest BCUT2D eigenvalue weighted by Gasteiger charge is 2.51. The van der Waals surface area contributed by atoms with E-state index in [-0.39, 0.29) is 56.7 Å². The van der Waals surface area contributed by atoms with Crippen LogP contribution in [0.2, 0.25) is 0 Å². The molecule has 250 valence electrons. The van der Waals surface area contributed by atoms with Crippen LogP contribution in [0.5, 0.6) is 5.75 Å². The quantitative estimate of drug-likeness (QED) is 0.221. The van der Waals surface area contributed by atoms with Gasteiger partial charge in [0.2, 0.25) is 17.7 Å². The van der Waals surface area contributed by atoms with Crippen molar-refractivity contribution in [3.8, 4) is 16.9 Å². The number of urea groups is 1. The molecular formula is C38H38N6O5. The van der Waals surface area contributed by atoms with Crippen molar-refractivity contribution in [1.29, 1.82) is 0 Å². The Kier molecular flexibility index (Phi) is 9.72. The number of rotatable bonds is 10. The van der Waals surface area contributed by atoms with Gasteiger partial charge < -0.3 is 26.0 Å². The fraction of sp³-hybridized carbons (Fsp3) is 0.211.